The van der Waals surface area contributed by atoms with Gasteiger partial charge in [-0.25, -0.2) is 0 Å². The standard InChI is InChI=1S/C28H26ClN3O4/c29-19-13-18-14-24(28(35)31-10-2-1-3-11-31)36-27(18)22(15-19)20-8-9-30-23-12-17(4-5-21(20)23)16-32-25(33)6-7-26(32)34/h4-5,8-9,12-13,15,24H,1-3,6-7,10-11,14,16H2. The van der Waals surface area contributed by atoms with Crippen LogP contribution in [0.4, 0.5) is 0 Å². The van der Waals surface area contributed by atoms with Gasteiger partial charge in [-0.15, -0.1) is 0 Å². The monoisotopic (exact) mass is 503 g/mol. The molecule has 36 heavy (non-hydrogen) atoms. The van der Waals surface area contributed by atoms with Gasteiger partial charge in [0.05, 0.1) is 12.1 Å². The molecule has 3 aliphatic rings. The number of likely N-dealkylation sites (tertiary alicyclic amines) is 2. The summed E-state index contributed by atoms with van der Waals surface area (Å²) in [4.78, 5) is 45.0. The lowest BCUT2D eigenvalue weighted by molar-refractivity contribution is -0.139. The van der Waals surface area contributed by atoms with Crippen molar-refractivity contribution < 1.29 is 19.1 Å². The number of imide groups is 1. The van der Waals surface area contributed by atoms with E-state index >= 15 is 0 Å². The zero-order valence-corrected chi connectivity index (χ0v) is 20.6. The highest BCUT2D eigenvalue weighted by Crippen LogP contribution is 2.43. The molecule has 8 heteroatoms. The first kappa shape index (κ1) is 23.0. The molecule has 1 atom stereocenters. The lowest BCUT2D eigenvalue weighted by Gasteiger charge is -2.28. The van der Waals surface area contributed by atoms with Crippen LogP contribution in [0.3, 0.4) is 0 Å². The number of halogens is 1. The van der Waals surface area contributed by atoms with Crippen LogP contribution in [-0.4, -0.2) is 51.7 Å². The minimum absolute atomic E-state index is 0.0446. The fourth-order valence-corrected chi connectivity index (χ4v) is 5.73. The van der Waals surface area contributed by atoms with Gasteiger partial charge >= 0.3 is 0 Å². The first-order valence-electron chi connectivity index (χ1n) is 12.5. The number of carbonyl (C=O) groups is 3. The average Bonchev–Trinajstić information content (AvgIpc) is 3.46. The van der Waals surface area contributed by atoms with Crippen LogP contribution in [-0.2, 0) is 27.3 Å². The number of fused-ring (bicyclic) bond motifs is 2. The molecule has 3 aliphatic heterocycles. The summed E-state index contributed by atoms with van der Waals surface area (Å²) in [6.07, 6.45) is 5.48. The molecule has 0 N–H and O–H groups in total. The highest BCUT2D eigenvalue weighted by atomic mass is 35.5. The van der Waals surface area contributed by atoms with Gasteiger partial charge in [0.25, 0.3) is 5.91 Å². The molecule has 0 radical (unpaired) electrons. The number of ether oxygens (including phenoxy) is 1. The molecular weight excluding hydrogens is 478 g/mol. The molecule has 3 aromatic rings. The second-order valence-corrected chi connectivity index (χ2v) is 10.2. The van der Waals surface area contributed by atoms with E-state index in [0.717, 1.165) is 65.5 Å². The Balaban J connectivity index is 1.33. The predicted octanol–water partition coefficient (Wildman–Crippen LogP) is 4.52. The highest BCUT2D eigenvalue weighted by Gasteiger charge is 2.35. The molecule has 0 aliphatic carbocycles. The van der Waals surface area contributed by atoms with E-state index in [9.17, 15) is 14.4 Å². The zero-order chi connectivity index (χ0) is 24.8. The summed E-state index contributed by atoms with van der Waals surface area (Å²) in [7, 11) is 0. The maximum Gasteiger partial charge on any atom is 0.263 e. The van der Waals surface area contributed by atoms with Crippen LogP contribution in [0.25, 0.3) is 22.0 Å². The van der Waals surface area contributed by atoms with E-state index in [2.05, 4.69) is 4.98 Å². The van der Waals surface area contributed by atoms with Crippen molar-refractivity contribution in [2.45, 2.75) is 51.2 Å². The molecule has 3 amide bonds. The van der Waals surface area contributed by atoms with Gasteiger partial charge in [-0.05, 0) is 54.7 Å². The molecule has 6 rings (SSSR count). The average molecular weight is 504 g/mol. The topological polar surface area (TPSA) is 79.8 Å². The fraction of sp³-hybridized carbons (Fsp3) is 0.357. The molecule has 0 saturated carbocycles. The van der Waals surface area contributed by atoms with Crippen LogP contribution < -0.4 is 4.74 Å². The summed E-state index contributed by atoms with van der Waals surface area (Å²) in [5.41, 5.74) is 4.26. The molecule has 1 unspecified atom stereocenters. The number of carbonyl (C=O) groups excluding carboxylic acids is 3. The molecule has 0 bridgehead atoms. The minimum atomic E-state index is -0.537. The Kier molecular flexibility index (Phi) is 5.88. The van der Waals surface area contributed by atoms with E-state index in [0.29, 0.717) is 17.2 Å². The van der Waals surface area contributed by atoms with Crippen molar-refractivity contribution >= 4 is 40.2 Å². The van der Waals surface area contributed by atoms with Gasteiger partial charge in [0.15, 0.2) is 6.10 Å². The first-order valence-corrected chi connectivity index (χ1v) is 12.8. The van der Waals surface area contributed by atoms with Crippen LogP contribution in [0, 0.1) is 0 Å². The first-order chi connectivity index (χ1) is 17.5. The Bertz CT molecular complexity index is 1380. The zero-order valence-electron chi connectivity index (χ0n) is 19.8. The number of hydrogen-bond donors (Lipinski definition) is 0. The molecule has 2 fully saturated rings. The van der Waals surface area contributed by atoms with Crippen LogP contribution >= 0.6 is 11.6 Å². The second-order valence-electron chi connectivity index (χ2n) is 9.72. The molecule has 7 nitrogen and oxygen atoms in total. The number of hydrogen-bond acceptors (Lipinski definition) is 5. The van der Waals surface area contributed by atoms with Crippen LogP contribution in [0.5, 0.6) is 5.75 Å². The minimum Gasteiger partial charge on any atom is -0.479 e. The number of pyridine rings is 1. The Morgan fingerprint density at radius 3 is 2.56 bits per heavy atom. The number of amides is 3. The van der Waals surface area contributed by atoms with Crippen molar-refractivity contribution in [2.75, 3.05) is 13.1 Å². The van der Waals surface area contributed by atoms with Crippen molar-refractivity contribution in [3.8, 4) is 16.9 Å². The Labute approximate surface area is 214 Å². The van der Waals surface area contributed by atoms with Gasteiger partial charge in [0.2, 0.25) is 11.8 Å². The Morgan fingerprint density at radius 2 is 1.78 bits per heavy atom. The predicted molar refractivity (Wildman–Crippen MR) is 136 cm³/mol. The lowest BCUT2D eigenvalue weighted by Crippen LogP contribution is -2.43. The van der Waals surface area contributed by atoms with Gasteiger partial charge in [-0.2, -0.15) is 0 Å². The van der Waals surface area contributed by atoms with Gasteiger partial charge in [0.1, 0.15) is 5.75 Å². The van der Waals surface area contributed by atoms with Gasteiger partial charge in [-0.3, -0.25) is 24.3 Å². The van der Waals surface area contributed by atoms with Crippen molar-refractivity contribution in [3.05, 3.63) is 58.7 Å². The molecule has 4 heterocycles. The quantitative estimate of drug-likeness (QED) is 0.489. The third-order valence-electron chi connectivity index (χ3n) is 7.33. The van der Waals surface area contributed by atoms with E-state index in [1.165, 1.54) is 4.90 Å². The molecule has 184 valence electrons. The number of nitrogens with zero attached hydrogens (tertiary/aromatic N) is 3. The van der Waals surface area contributed by atoms with Crippen molar-refractivity contribution in [1.29, 1.82) is 0 Å². The number of rotatable bonds is 4. The summed E-state index contributed by atoms with van der Waals surface area (Å²) < 4.78 is 6.30. The third-order valence-corrected chi connectivity index (χ3v) is 7.55. The number of benzene rings is 2. The van der Waals surface area contributed by atoms with Crippen LogP contribution in [0.2, 0.25) is 5.02 Å². The molecular formula is C28H26ClN3O4. The Morgan fingerprint density at radius 1 is 1.00 bits per heavy atom. The van der Waals surface area contributed by atoms with Crippen LogP contribution in [0.15, 0.2) is 42.6 Å². The van der Waals surface area contributed by atoms with Gasteiger partial charge in [0, 0.05) is 60.1 Å². The van der Waals surface area contributed by atoms with Gasteiger partial charge < -0.3 is 9.64 Å². The van der Waals surface area contributed by atoms with Crippen molar-refractivity contribution in [1.82, 2.24) is 14.8 Å². The van der Waals surface area contributed by atoms with Gasteiger partial charge in [-0.1, -0.05) is 23.7 Å². The maximum absolute atomic E-state index is 13.1. The maximum atomic E-state index is 13.1. The van der Waals surface area contributed by atoms with Crippen LogP contribution in [0.1, 0.15) is 43.2 Å². The summed E-state index contributed by atoms with van der Waals surface area (Å²) in [6, 6.07) is 11.5. The smallest absolute Gasteiger partial charge is 0.263 e. The lowest BCUT2D eigenvalue weighted by atomic mass is 9.97. The second kappa shape index (κ2) is 9.21. The summed E-state index contributed by atoms with van der Waals surface area (Å²) in [5.74, 6) is 0.465. The number of aromatic nitrogens is 1. The molecule has 2 saturated heterocycles. The summed E-state index contributed by atoms with van der Waals surface area (Å²) in [5, 5.41) is 1.49. The largest absolute Gasteiger partial charge is 0.479 e. The molecule has 1 aromatic heterocycles. The molecule has 2 aromatic carbocycles. The third kappa shape index (κ3) is 4.11. The summed E-state index contributed by atoms with van der Waals surface area (Å²) >= 11 is 6.52. The molecule has 0 spiro atoms. The number of piperidine rings is 1. The van der Waals surface area contributed by atoms with E-state index in [1.54, 1.807) is 6.20 Å². The normalized spacial score (nSPS) is 19.6. The SMILES string of the molecule is O=C(C1Cc2cc(Cl)cc(-c3ccnc4cc(CN5C(=O)CCC5=O)ccc34)c2O1)N1CCCCC1. The van der Waals surface area contributed by atoms with E-state index in [4.69, 9.17) is 16.3 Å². The van der Waals surface area contributed by atoms with E-state index in [-0.39, 0.29) is 37.1 Å². The summed E-state index contributed by atoms with van der Waals surface area (Å²) in [6.45, 7) is 1.82. The fourth-order valence-electron chi connectivity index (χ4n) is 5.49. The highest BCUT2D eigenvalue weighted by molar-refractivity contribution is 6.31. The van der Waals surface area contributed by atoms with E-state index < -0.39 is 6.10 Å². The Hall–Kier alpha value is -3.45. The van der Waals surface area contributed by atoms with E-state index in [1.807, 2.05) is 41.3 Å². The van der Waals surface area contributed by atoms with Crippen molar-refractivity contribution in [3.63, 3.8) is 0 Å². The van der Waals surface area contributed by atoms with Crippen molar-refractivity contribution in [2.24, 2.45) is 0 Å².